The first-order chi connectivity index (χ1) is 10.6. The van der Waals surface area contributed by atoms with Crippen molar-refractivity contribution in [2.45, 2.75) is 12.8 Å². The third-order valence-electron chi connectivity index (χ3n) is 3.28. The molecule has 1 atom stereocenters. The van der Waals surface area contributed by atoms with Crippen molar-refractivity contribution in [2.24, 2.45) is 0 Å². The molecule has 3 aromatic rings. The smallest absolute Gasteiger partial charge is 0.287 e. The molecule has 0 aliphatic carbocycles. The minimum Gasteiger partial charge on any atom is -0.369 e. The number of thiazole rings is 1. The molecule has 2 heterocycles. The summed E-state index contributed by atoms with van der Waals surface area (Å²) < 4.78 is 1.18. The maximum atomic E-state index is 10.6. The number of benzene rings is 1. The topological polar surface area (TPSA) is 81.0 Å². The normalized spacial score (nSPS) is 12.2. The zero-order valence-corrected chi connectivity index (χ0v) is 12.7. The average molecular weight is 314 g/mol. The summed E-state index contributed by atoms with van der Waals surface area (Å²) in [5, 5.41) is 14.8. The summed E-state index contributed by atoms with van der Waals surface area (Å²) in [5.74, 6) is 0.855. The van der Waals surface area contributed by atoms with Gasteiger partial charge in [0.05, 0.1) is 20.1 Å². The molecule has 112 valence electrons. The molecule has 0 amide bonds. The largest absolute Gasteiger partial charge is 0.369 e. The minimum atomic E-state index is -0.458. The summed E-state index contributed by atoms with van der Waals surface area (Å²) >= 11 is 1.69. The van der Waals surface area contributed by atoms with Gasteiger partial charge in [-0.15, -0.1) is 11.3 Å². The van der Waals surface area contributed by atoms with Crippen molar-refractivity contribution < 1.29 is 4.92 Å². The Morgan fingerprint density at radius 2 is 2.14 bits per heavy atom. The Bertz CT molecular complexity index is 768. The van der Waals surface area contributed by atoms with Crippen molar-refractivity contribution in [3.05, 3.63) is 57.7 Å². The van der Waals surface area contributed by atoms with Crippen LogP contribution in [0.3, 0.4) is 0 Å². The van der Waals surface area contributed by atoms with Gasteiger partial charge in [-0.05, 0) is 18.2 Å². The Morgan fingerprint density at radius 1 is 1.32 bits per heavy atom. The van der Waals surface area contributed by atoms with E-state index in [1.807, 2.05) is 18.2 Å². The first-order valence-corrected chi connectivity index (χ1v) is 7.65. The quantitative estimate of drug-likeness (QED) is 0.572. The fourth-order valence-corrected chi connectivity index (χ4v) is 3.06. The van der Waals surface area contributed by atoms with E-state index in [0.29, 0.717) is 12.4 Å². The van der Waals surface area contributed by atoms with Crippen LogP contribution in [0.1, 0.15) is 17.8 Å². The van der Waals surface area contributed by atoms with Crippen molar-refractivity contribution in [3.63, 3.8) is 0 Å². The maximum Gasteiger partial charge on any atom is 0.287 e. The molecule has 0 bridgehead atoms. The molecule has 0 unspecified atom stereocenters. The number of nitrogens with one attached hydrogen (secondary N) is 1. The summed E-state index contributed by atoms with van der Waals surface area (Å²) in [4.78, 5) is 18.8. The second kappa shape index (κ2) is 6.07. The number of anilines is 1. The van der Waals surface area contributed by atoms with Crippen LogP contribution in [0.15, 0.2) is 42.6 Å². The number of rotatable bonds is 5. The van der Waals surface area contributed by atoms with Crippen LogP contribution in [0.25, 0.3) is 10.2 Å². The molecular weight excluding hydrogens is 300 g/mol. The fraction of sp³-hybridized carbons (Fsp3) is 0.200. The zero-order valence-electron chi connectivity index (χ0n) is 11.9. The van der Waals surface area contributed by atoms with Crippen LogP contribution in [0, 0.1) is 10.1 Å². The van der Waals surface area contributed by atoms with E-state index in [0.717, 1.165) is 10.5 Å². The van der Waals surface area contributed by atoms with E-state index < -0.39 is 4.92 Å². The highest BCUT2D eigenvalue weighted by molar-refractivity contribution is 7.18. The van der Waals surface area contributed by atoms with Crippen molar-refractivity contribution in [1.29, 1.82) is 0 Å². The molecule has 0 aliphatic heterocycles. The lowest BCUT2D eigenvalue weighted by atomic mass is 10.2. The maximum absolute atomic E-state index is 10.6. The molecule has 0 radical (unpaired) electrons. The number of hydrogen-bond donors (Lipinski definition) is 1. The van der Waals surface area contributed by atoms with E-state index in [4.69, 9.17) is 0 Å². The minimum absolute atomic E-state index is 0.00947. The summed E-state index contributed by atoms with van der Waals surface area (Å²) in [6.45, 7) is 2.76. The van der Waals surface area contributed by atoms with Crippen molar-refractivity contribution in [3.8, 4) is 0 Å². The molecule has 0 saturated carbocycles. The molecule has 1 aromatic carbocycles. The van der Waals surface area contributed by atoms with Crippen LogP contribution in [0.4, 0.5) is 11.5 Å². The molecule has 3 rings (SSSR count). The molecule has 6 nitrogen and oxygen atoms in total. The molecule has 0 fully saturated rings. The summed E-state index contributed by atoms with van der Waals surface area (Å²) in [7, 11) is 0. The van der Waals surface area contributed by atoms with Gasteiger partial charge in [0.15, 0.2) is 0 Å². The van der Waals surface area contributed by atoms with Crippen LogP contribution < -0.4 is 5.32 Å². The fourth-order valence-electron chi connectivity index (χ4n) is 2.04. The first-order valence-electron chi connectivity index (χ1n) is 6.83. The van der Waals surface area contributed by atoms with Gasteiger partial charge in [-0.1, -0.05) is 19.1 Å². The molecule has 2 aromatic heterocycles. The first kappa shape index (κ1) is 14.4. The Morgan fingerprint density at radius 3 is 2.82 bits per heavy atom. The molecule has 0 spiro atoms. The van der Waals surface area contributed by atoms with Gasteiger partial charge in [0.2, 0.25) is 0 Å². The van der Waals surface area contributed by atoms with E-state index in [1.54, 1.807) is 17.4 Å². The Labute approximate surface area is 131 Å². The van der Waals surface area contributed by atoms with Crippen LogP contribution in [0.5, 0.6) is 0 Å². The van der Waals surface area contributed by atoms with Crippen LogP contribution in [0.2, 0.25) is 0 Å². The third kappa shape index (κ3) is 3.04. The lowest BCUT2D eigenvalue weighted by molar-refractivity contribution is -0.385. The van der Waals surface area contributed by atoms with E-state index in [1.165, 1.54) is 17.0 Å². The van der Waals surface area contributed by atoms with Crippen molar-refractivity contribution in [1.82, 2.24) is 9.97 Å². The van der Waals surface area contributed by atoms with Crippen LogP contribution >= 0.6 is 11.3 Å². The standard InChI is InChI=1S/C15H14N4O2S/c1-10(15-18-12-4-2-3-5-13(12)22-15)8-16-14-7-6-11(9-17-14)19(20)21/h2-7,9-10H,8H2,1H3,(H,16,17)/t10-/m0/s1. The molecule has 22 heavy (non-hydrogen) atoms. The number of nitro groups is 1. The van der Waals surface area contributed by atoms with E-state index in [-0.39, 0.29) is 11.6 Å². The Kier molecular flexibility index (Phi) is 3.97. The Balaban J connectivity index is 1.66. The summed E-state index contributed by atoms with van der Waals surface area (Å²) in [6.07, 6.45) is 1.25. The summed E-state index contributed by atoms with van der Waals surface area (Å²) in [6, 6.07) is 11.1. The predicted molar refractivity (Wildman–Crippen MR) is 87.4 cm³/mol. The lowest BCUT2D eigenvalue weighted by Gasteiger charge is -2.10. The van der Waals surface area contributed by atoms with Gasteiger partial charge in [0, 0.05) is 18.5 Å². The van der Waals surface area contributed by atoms with Gasteiger partial charge in [0.1, 0.15) is 12.0 Å². The molecule has 1 N–H and O–H groups in total. The number of pyridine rings is 1. The highest BCUT2D eigenvalue weighted by Crippen LogP contribution is 2.27. The van der Waals surface area contributed by atoms with Crippen LogP contribution in [-0.4, -0.2) is 21.4 Å². The lowest BCUT2D eigenvalue weighted by Crippen LogP contribution is -2.10. The SMILES string of the molecule is C[C@@H](CNc1ccc([N+](=O)[O-])cn1)c1nc2ccccc2s1. The monoisotopic (exact) mass is 314 g/mol. The molecule has 0 saturated heterocycles. The van der Waals surface area contributed by atoms with E-state index in [2.05, 4.69) is 28.3 Å². The van der Waals surface area contributed by atoms with Crippen molar-refractivity contribution >= 4 is 33.1 Å². The van der Waals surface area contributed by atoms with E-state index >= 15 is 0 Å². The second-order valence-electron chi connectivity index (χ2n) is 4.96. The van der Waals surface area contributed by atoms with Gasteiger partial charge in [0.25, 0.3) is 5.69 Å². The Hall–Kier alpha value is -2.54. The van der Waals surface area contributed by atoms with Gasteiger partial charge >= 0.3 is 0 Å². The summed E-state index contributed by atoms with van der Waals surface area (Å²) in [5.41, 5.74) is 1.01. The number of fused-ring (bicyclic) bond motifs is 1. The molecule has 0 aliphatic rings. The highest BCUT2D eigenvalue weighted by Gasteiger charge is 2.12. The predicted octanol–water partition coefficient (Wildman–Crippen LogP) is 3.82. The van der Waals surface area contributed by atoms with Crippen LogP contribution in [-0.2, 0) is 0 Å². The third-order valence-corrected chi connectivity index (χ3v) is 4.55. The number of hydrogen-bond acceptors (Lipinski definition) is 6. The highest BCUT2D eigenvalue weighted by atomic mass is 32.1. The van der Waals surface area contributed by atoms with Gasteiger partial charge in [-0.3, -0.25) is 10.1 Å². The average Bonchev–Trinajstić information content (AvgIpc) is 2.97. The number of nitrogens with zero attached hydrogens (tertiary/aromatic N) is 3. The van der Waals surface area contributed by atoms with Gasteiger partial charge in [-0.25, -0.2) is 9.97 Å². The van der Waals surface area contributed by atoms with Gasteiger partial charge < -0.3 is 5.32 Å². The zero-order chi connectivity index (χ0) is 15.5. The number of para-hydroxylation sites is 1. The molecular formula is C15H14N4O2S. The van der Waals surface area contributed by atoms with E-state index in [9.17, 15) is 10.1 Å². The molecule has 7 heteroatoms. The van der Waals surface area contributed by atoms with Crippen molar-refractivity contribution in [2.75, 3.05) is 11.9 Å². The number of aromatic nitrogens is 2. The second-order valence-corrected chi connectivity index (χ2v) is 6.02. The van der Waals surface area contributed by atoms with Gasteiger partial charge in [-0.2, -0.15) is 0 Å².